The number of ether oxygens (including phenoxy) is 3. The lowest BCUT2D eigenvalue weighted by atomic mass is 10.1. The van der Waals surface area contributed by atoms with E-state index in [1.165, 1.54) is 89.9 Å². The Morgan fingerprint density at radius 2 is 0.647 bits per heavy atom. The van der Waals surface area contributed by atoms with Crippen LogP contribution in [0.3, 0.4) is 0 Å². The minimum absolute atomic E-state index is 0.101. The third-order valence-corrected chi connectivity index (χ3v) is 11.6. The van der Waals surface area contributed by atoms with E-state index in [0.29, 0.717) is 12.8 Å². The Kier molecular flexibility index (Phi) is 52.4. The Hall–Kier alpha value is -3.93. The first-order chi connectivity index (χ1) is 33.5. The van der Waals surface area contributed by atoms with Gasteiger partial charge in [-0.3, -0.25) is 14.4 Å². The molecule has 0 saturated heterocycles. The van der Waals surface area contributed by atoms with Crippen molar-refractivity contribution in [1.29, 1.82) is 0 Å². The van der Waals surface area contributed by atoms with Crippen LogP contribution in [-0.2, 0) is 28.6 Å². The Morgan fingerprint density at radius 3 is 1.10 bits per heavy atom. The van der Waals surface area contributed by atoms with Crippen molar-refractivity contribution in [3.05, 3.63) is 109 Å². The predicted molar refractivity (Wildman–Crippen MR) is 293 cm³/mol. The maximum atomic E-state index is 12.8. The van der Waals surface area contributed by atoms with Gasteiger partial charge in [-0.05, 0) is 96.3 Å². The molecule has 0 aliphatic rings. The molecule has 0 amide bonds. The molecular weight excluding hydrogens is 841 g/mol. The molecule has 6 heteroatoms. The fourth-order valence-electron chi connectivity index (χ4n) is 7.46. The molecule has 1 unspecified atom stereocenters. The summed E-state index contributed by atoms with van der Waals surface area (Å²) in [6.45, 7) is 6.34. The number of allylic oxidation sites excluding steroid dienone is 18. The molecule has 68 heavy (non-hydrogen) atoms. The number of hydrogen-bond donors (Lipinski definition) is 0. The van der Waals surface area contributed by atoms with E-state index < -0.39 is 6.10 Å². The van der Waals surface area contributed by atoms with Crippen LogP contribution in [0.2, 0.25) is 0 Å². The molecule has 0 heterocycles. The van der Waals surface area contributed by atoms with Crippen molar-refractivity contribution in [2.75, 3.05) is 13.2 Å². The lowest BCUT2D eigenvalue weighted by Crippen LogP contribution is -2.30. The fourth-order valence-corrected chi connectivity index (χ4v) is 7.46. The largest absolute Gasteiger partial charge is 0.462 e. The second-order valence-electron chi connectivity index (χ2n) is 18.2. The molecule has 0 aromatic rings. The van der Waals surface area contributed by atoms with Gasteiger partial charge in [-0.2, -0.15) is 0 Å². The number of rotatable bonds is 49. The summed E-state index contributed by atoms with van der Waals surface area (Å²) in [5.74, 6) is -0.957. The molecule has 0 aliphatic carbocycles. The third-order valence-electron chi connectivity index (χ3n) is 11.6. The van der Waals surface area contributed by atoms with Crippen molar-refractivity contribution in [3.8, 4) is 0 Å². The summed E-state index contributed by atoms with van der Waals surface area (Å²) >= 11 is 0. The van der Waals surface area contributed by atoms with E-state index in [0.717, 1.165) is 116 Å². The van der Waals surface area contributed by atoms with E-state index in [4.69, 9.17) is 14.2 Å². The second kappa shape index (κ2) is 55.7. The van der Waals surface area contributed by atoms with E-state index in [1.54, 1.807) is 0 Å². The highest BCUT2D eigenvalue weighted by molar-refractivity contribution is 5.71. The summed E-state index contributed by atoms with van der Waals surface area (Å²) in [5, 5.41) is 0. The van der Waals surface area contributed by atoms with Crippen LogP contribution in [0.5, 0.6) is 0 Å². The number of carbonyl (C=O) groups is 3. The number of esters is 3. The first-order valence-corrected chi connectivity index (χ1v) is 28.0. The molecule has 6 nitrogen and oxygen atoms in total. The number of unbranched alkanes of at least 4 members (excludes halogenated alkanes) is 24. The maximum absolute atomic E-state index is 12.8. The van der Waals surface area contributed by atoms with Crippen LogP contribution in [0.1, 0.15) is 245 Å². The van der Waals surface area contributed by atoms with Gasteiger partial charge in [0.1, 0.15) is 13.2 Å². The van der Waals surface area contributed by atoms with Gasteiger partial charge in [0.2, 0.25) is 0 Å². The van der Waals surface area contributed by atoms with Gasteiger partial charge in [-0.25, -0.2) is 0 Å². The highest BCUT2D eigenvalue weighted by Crippen LogP contribution is 2.14. The first-order valence-electron chi connectivity index (χ1n) is 28.0. The molecule has 0 saturated carbocycles. The second-order valence-corrected chi connectivity index (χ2v) is 18.2. The van der Waals surface area contributed by atoms with Crippen LogP contribution in [0, 0.1) is 0 Å². The van der Waals surface area contributed by atoms with E-state index in [1.807, 2.05) is 18.2 Å². The minimum Gasteiger partial charge on any atom is -0.462 e. The van der Waals surface area contributed by atoms with Gasteiger partial charge in [0.05, 0.1) is 0 Å². The van der Waals surface area contributed by atoms with E-state index in [9.17, 15) is 14.4 Å². The molecule has 0 spiro atoms. The Labute approximate surface area is 419 Å². The Balaban J connectivity index is 4.47. The van der Waals surface area contributed by atoms with Gasteiger partial charge in [0.15, 0.2) is 6.10 Å². The van der Waals surface area contributed by atoms with Gasteiger partial charge in [0.25, 0.3) is 0 Å². The average molecular weight is 943 g/mol. The summed E-state index contributed by atoms with van der Waals surface area (Å²) in [6.07, 6.45) is 75.0. The molecule has 0 aromatic heterocycles. The molecular formula is C62H102O6. The summed E-state index contributed by atoms with van der Waals surface area (Å²) in [7, 11) is 0. The zero-order valence-electron chi connectivity index (χ0n) is 44.1. The first kappa shape index (κ1) is 64.1. The maximum Gasteiger partial charge on any atom is 0.306 e. The normalized spacial score (nSPS) is 12.9. The van der Waals surface area contributed by atoms with Crippen molar-refractivity contribution in [3.63, 3.8) is 0 Å². The lowest BCUT2D eigenvalue weighted by molar-refractivity contribution is -0.167. The standard InChI is InChI=1S/C62H102O6/c1-4-7-10-13-16-19-22-25-28-30-31-32-35-37-40-43-46-49-52-55-61(64)67-58-59(57-66-60(63)54-51-48-45-42-39-36-33-27-24-21-18-15-12-9-6-3)68-62(65)56-53-50-47-44-41-38-34-29-26-23-20-17-14-11-8-5-2/h7,9-10,12,15-16,18-19,21,24-25,27-29,33-34,38,41,59H,4-6,8,11,13-14,17,20,22-23,26,30-32,35-37,39-40,42-58H2,1-3H3/b10-7-,12-9-,18-15-,19-16-,24-21-,28-25-,33-27-,34-29-,41-38-. The predicted octanol–water partition coefficient (Wildman–Crippen LogP) is 18.7. The topological polar surface area (TPSA) is 78.9 Å². The zero-order chi connectivity index (χ0) is 49.3. The van der Waals surface area contributed by atoms with E-state index in [-0.39, 0.29) is 37.5 Å². The molecule has 386 valence electrons. The van der Waals surface area contributed by atoms with Gasteiger partial charge in [-0.1, -0.05) is 239 Å². The Morgan fingerprint density at radius 1 is 0.324 bits per heavy atom. The monoisotopic (exact) mass is 943 g/mol. The average Bonchev–Trinajstić information content (AvgIpc) is 3.34. The fraction of sp³-hybridized carbons (Fsp3) is 0.661. The van der Waals surface area contributed by atoms with Crippen molar-refractivity contribution in [2.45, 2.75) is 252 Å². The number of hydrogen-bond acceptors (Lipinski definition) is 6. The van der Waals surface area contributed by atoms with Crippen molar-refractivity contribution >= 4 is 17.9 Å². The number of carbonyl (C=O) groups excluding carboxylic acids is 3. The van der Waals surface area contributed by atoms with Gasteiger partial charge >= 0.3 is 17.9 Å². The molecule has 0 bridgehead atoms. The molecule has 0 fully saturated rings. The van der Waals surface area contributed by atoms with E-state index >= 15 is 0 Å². The molecule has 0 aliphatic heterocycles. The summed E-state index contributed by atoms with van der Waals surface area (Å²) in [6, 6.07) is 0. The van der Waals surface area contributed by atoms with Crippen LogP contribution < -0.4 is 0 Å². The smallest absolute Gasteiger partial charge is 0.306 e. The highest BCUT2D eigenvalue weighted by atomic mass is 16.6. The highest BCUT2D eigenvalue weighted by Gasteiger charge is 2.19. The van der Waals surface area contributed by atoms with Crippen LogP contribution >= 0.6 is 0 Å². The van der Waals surface area contributed by atoms with Crippen LogP contribution in [-0.4, -0.2) is 37.2 Å². The van der Waals surface area contributed by atoms with Gasteiger partial charge in [-0.15, -0.1) is 0 Å². The van der Waals surface area contributed by atoms with Crippen molar-refractivity contribution < 1.29 is 28.6 Å². The SMILES string of the molecule is CC\C=C/C=C\C=C/C=C\CCCCCCCC(=O)OCC(COC(=O)CCCCCCCCCCC/C=C\C/C=C\C/C=C\CC)OC(=O)CCCCC/C=C\C=C/CCCCCCCCC. The third kappa shape index (κ3) is 53.0. The summed E-state index contributed by atoms with van der Waals surface area (Å²) in [4.78, 5) is 38.1. The van der Waals surface area contributed by atoms with Crippen LogP contribution in [0.4, 0.5) is 0 Å². The van der Waals surface area contributed by atoms with Gasteiger partial charge < -0.3 is 14.2 Å². The molecule has 0 aromatic carbocycles. The summed E-state index contributed by atoms with van der Waals surface area (Å²) in [5.41, 5.74) is 0. The quantitative estimate of drug-likeness (QED) is 0.0199. The zero-order valence-corrected chi connectivity index (χ0v) is 44.1. The molecule has 1 atom stereocenters. The van der Waals surface area contributed by atoms with E-state index in [2.05, 4.69) is 112 Å². The lowest BCUT2D eigenvalue weighted by Gasteiger charge is -2.18. The van der Waals surface area contributed by atoms with Crippen molar-refractivity contribution in [2.24, 2.45) is 0 Å². The van der Waals surface area contributed by atoms with Crippen LogP contribution in [0.25, 0.3) is 0 Å². The van der Waals surface area contributed by atoms with Crippen molar-refractivity contribution in [1.82, 2.24) is 0 Å². The van der Waals surface area contributed by atoms with Crippen LogP contribution in [0.15, 0.2) is 109 Å². The molecule has 0 radical (unpaired) electrons. The molecule has 0 rings (SSSR count). The summed E-state index contributed by atoms with van der Waals surface area (Å²) < 4.78 is 16.8. The Bertz CT molecular complexity index is 1410. The minimum atomic E-state index is -0.806. The van der Waals surface area contributed by atoms with Gasteiger partial charge in [0, 0.05) is 19.3 Å². The molecule has 0 N–H and O–H groups in total.